The number of nitrogens with one attached hydrogen (secondary N) is 1. The van der Waals surface area contributed by atoms with Crippen molar-refractivity contribution < 1.29 is 32.6 Å². The average Bonchev–Trinajstić information content (AvgIpc) is 2.37. The molecule has 2 N–H and O–H groups in total. The minimum Gasteiger partial charge on any atom is -0.480 e. The molecular weight excluding hydrogens is 291 g/mol. The second-order valence-electron chi connectivity index (χ2n) is 4.32. The van der Waals surface area contributed by atoms with E-state index in [-0.39, 0.29) is 0 Å². The second kappa shape index (κ2) is 6.47. The van der Waals surface area contributed by atoms with E-state index >= 15 is 0 Å². The van der Waals surface area contributed by atoms with Crippen LogP contribution in [0, 0.1) is 0 Å². The molecule has 0 fully saturated rings. The van der Waals surface area contributed by atoms with Crippen LogP contribution in [0.4, 0.5) is 13.2 Å². The number of carboxylic acid groups (broad SMARTS) is 1. The summed E-state index contributed by atoms with van der Waals surface area (Å²) in [5.74, 6) is -2.57. The number of carboxylic acids is 1. The summed E-state index contributed by atoms with van der Waals surface area (Å²) in [6.45, 7) is 2.47. The Morgan fingerprint density at radius 3 is 2.33 bits per heavy atom. The molecule has 116 valence electrons. The summed E-state index contributed by atoms with van der Waals surface area (Å²) in [5.41, 5.74) is -1.00. The zero-order valence-corrected chi connectivity index (χ0v) is 11.3. The lowest BCUT2D eigenvalue weighted by Crippen LogP contribution is -2.44. The van der Waals surface area contributed by atoms with E-state index in [9.17, 15) is 22.8 Å². The van der Waals surface area contributed by atoms with E-state index in [0.29, 0.717) is 0 Å². The monoisotopic (exact) mass is 305 g/mol. The van der Waals surface area contributed by atoms with Crippen LogP contribution >= 0.6 is 0 Å². The molecule has 2 atom stereocenters. The van der Waals surface area contributed by atoms with Crippen molar-refractivity contribution in [3.05, 3.63) is 29.8 Å². The van der Waals surface area contributed by atoms with Gasteiger partial charge in [-0.2, -0.15) is 13.2 Å². The Labute approximate surface area is 118 Å². The highest BCUT2D eigenvalue weighted by Gasteiger charge is 2.35. The molecule has 0 bridgehead atoms. The Morgan fingerprint density at radius 2 is 1.81 bits per heavy atom. The van der Waals surface area contributed by atoms with Crippen LogP contribution in [0.15, 0.2) is 24.3 Å². The summed E-state index contributed by atoms with van der Waals surface area (Å²) in [4.78, 5) is 22.2. The number of para-hydroxylation sites is 1. The molecule has 0 unspecified atom stereocenters. The molecule has 0 radical (unpaired) electrons. The van der Waals surface area contributed by atoms with Gasteiger partial charge < -0.3 is 15.2 Å². The van der Waals surface area contributed by atoms with Crippen LogP contribution in [-0.4, -0.2) is 29.1 Å². The number of carbonyl (C=O) groups excluding carboxylic acids is 1. The van der Waals surface area contributed by atoms with Gasteiger partial charge in [0.2, 0.25) is 0 Å². The van der Waals surface area contributed by atoms with Crippen molar-refractivity contribution in [3.8, 4) is 5.75 Å². The fourth-order valence-electron chi connectivity index (χ4n) is 1.44. The maximum atomic E-state index is 12.8. The third-order valence-corrected chi connectivity index (χ3v) is 2.59. The standard InChI is InChI=1S/C13H14F3NO4/c1-7(12(19)20)17-11(18)8(2)21-10-6-4-3-5-9(10)13(14,15)16/h3-8H,1-2H3,(H,17,18)(H,19,20)/t7-,8+/m1/s1. The number of ether oxygens (including phenoxy) is 1. The van der Waals surface area contributed by atoms with Crippen LogP contribution in [0.2, 0.25) is 0 Å². The van der Waals surface area contributed by atoms with Gasteiger partial charge in [0.25, 0.3) is 5.91 Å². The molecule has 1 amide bonds. The van der Waals surface area contributed by atoms with E-state index in [2.05, 4.69) is 5.32 Å². The van der Waals surface area contributed by atoms with Crippen molar-refractivity contribution in [2.75, 3.05) is 0 Å². The Balaban J connectivity index is 2.82. The van der Waals surface area contributed by atoms with Gasteiger partial charge in [-0.05, 0) is 26.0 Å². The minimum atomic E-state index is -4.61. The van der Waals surface area contributed by atoms with Gasteiger partial charge in [0.05, 0.1) is 5.56 Å². The molecule has 8 heteroatoms. The lowest BCUT2D eigenvalue weighted by molar-refractivity contribution is -0.143. The predicted molar refractivity (Wildman–Crippen MR) is 66.8 cm³/mol. The smallest absolute Gasteiger partial charge is 0.419 e. The quantitative estimate of drug-likeness (QED) is 0.873. The highest BCUT2D eigenvalue weighted by atomic mass is 19.4. The number of hydrogen-bond donors (Lipinski definition) is 2. The summed E-state index contributed by atoms with van der Waals surface area (Å²) in [6, 6.07) is 3.30. The van der Waals surface area contributed by atoms with Gasteiger partial charge >= 0.3 is 12.1 Å². The van der Waals surface area contributed by atoms with Crippen molar-refractivity contribution in [3.63, 3.8) is 0 Å². The Hall–Kier alpha value is -2.25. The number of halogens is 3. The average molecular weight is 305 g/mol. The number of benzene rings is 1. The summed E-state index contributed by atoms with van der Waals surface area (Å²) in [6.07, 6.45) is -5.88. The molecule has 5 nitrogen and oxygen atoms in total. The summed E-state index contributed by atoms with van der Waals surface area (Å²) in [7, 11) is 0. The number of aliphatic carboxylic acids is 1. The first-order valence-corrected chi connectivity index (χ1v) is 5.99. The molecular formula is C13H14F3NO4. The van der Waals surface area contributed by atoms with Gasteiger partial charge in [-0.25, -0.2) is 0 Å². The topological polar surface area (TPSA) is 75.6 Å². The first-order valence-electron chi connectivity index (χ1n) is 5.99. The number of rotatable bonds is 5. The van der Waals surface area contributed by atoms with Crippen molar-refractivity contribution in [1.29, 1.82) is 0 Å². The lowest BCUT2D eigenvalue weighted by atomic mass is 10.2. The number of hydrogen-bond acceptors (Lipinski definition) is 3. The Bertz CT molecular complexity index is 530. The zero-order chi connectivity index (χ0) is 16.2. The van der Waals surface area contributed by atoms with Crippen LogP contribution in [0.3, 0.4) is 0 Å². The van der Waals surface area contributed by atoms with Gasteiger partial charge in [0.1, 0.15) is 11.8 Å². The van der Waals surface area contributed by atoms with Gasteiger partial charge in [-0.3, -0.25) is 9.59 Å². The van der Waals surface area contributed by atoms with Gasteiger partial charge in [-0.1, -0.05) is 12.1 Å². The maximum absolute atomic E-state index is 12.8. The van der Waals surface area contributed by atoms with Crippen molar-refractivity contribution in [1.82, 2.24) is 5.32 Å². The molecule has 0 aliphatic heterocycles. The highest BCUT2D eigenvalue weighted by Crippen LogP contribution is 2.36. The van der Waals surface area contributed by atoms with Crippen molar-refractivity contribution in [2.45, 2.75) is 32.2 Å². The largest absolute Gasteiger partial charge is 0.480 e. The predicted octanol–water partition coefficient (Wildman–Crippen LogP) is 2.06. The van der Waals surface area contributed by atoms with E-state index < -0.39 is 41.5 Å². The van der Waals surface area contributed by atoms with E-state index in [4.69, 9.17) is 9.84 Å². The molecule has 21 heavy (non-hydrogen) atoms. The zero-order valence-electron chi connectivity index (χ0n) is 11.3. The third-order valence-electron chi connectivity index (χ3n) is 2.59. The maximum Gasteiger partial charge on any atom is 0.419 e. The van der Waals surface area contributed by atoms with E-state index in [0.717, 1.165) is 12.1 Å². The Morgan fingerprint density at radius 1 is 1.24 bits per heavy atom. The second-order valence-corrected chi connectivity index (χ2v) is 4.32. The first kappa shape index (κ1) is 16.8. The number of alkyl halides is 3. The molecule has 0 heterocycles. The molecule has 1 rings (SSSR count). The van der Waals surface area contributed by atoms with E-state index in [1.54, 1.807) is 0 Å². The molecule has 0 saturated heterocycles. The fraction of sp³-hybridized carbons (Fsp3) is 0.385. The molecule has 0 aliphatic carbocycles. The fourth-order valence-corrected chi connectivity index (χ4v) is 1.44. The molecule has 0 aliphatic rings. The van der Waals surface area contributed by atoms with E-state index in [1.165, 1.54) is 26.0 Å². The van der Waals surface area contributed by atoms with Crippen LogP contribution in [0.5, 0.6) is 5.75 Å². The lowest BCUT2D eigenvalue weighted by Gasteiger charge is -2.19. The molecule has 0 saturated carbocycles. The van der Waals surface area contributed by atoms with Crippen LogP contribution in [0.25, 0.3) is 0 Å². The summed E-state index contributed by atoms with van der Waals surface area (Å²) in [5, 5.41) is 10.8. The highest BCUT2D eigenvalue weighted by molar-refractivity contribution is 5.86. The van der Waals surface area contributed by atoms with Crippen LogP contribution < -0.4 is 10.1 Å². The first-order chi connectivity index (χ1) is 9.62. The Kier molecular flexibility index (Phi) is 5.17. The number of carbonyl (C=O) groups is 2. The SMILES string of the molecule is C[C@H](Oc1ccccc1C(F)(F)F)C(=O)N[C@H](C)C(=O)O. The van der Waals surface area contributed by atoms with E-state index in [1.807, 2.05) is 0 Å². The van der Waals surface area contributed by atoms with Gasteiger partial charge in [-0.15, -0.1) is 0 Å². The van der Waals surface area contributed by atoms with Gasteiger partial charge in [0, 0.05) is 0 Å². The van der Waals surface area contributed by atoms with Crippen molar-refractivity contribution >= 4 is 11.9 Å². The molecule has 0 spiro atoms. The number of amides is 1. The molecule has 1 aromatic carbocycles. The van der Waals surface area contributed by atoms with Crippen LogP contribution in [0.1, 0.15) is 19.4 Å². The summed E-state index contributed by atoms with van der Waals surface area (Å²) < 4.78 is 43.3. The molecule has 1 aromatic rings. The van der Waals surface area contributed by atoms with Crippen molar-refractivity contribution in [2.24, 2.45) is 0 Å². The van der Waals surface area contributed by atoms with Crippen LogP contribution in [-0.2, 0) is 15.8 Å². The van der Waals surface area contributed by atoms with Gasteiger partial charge in [0.15, 0.2) is 6.10 Å². The molecule has 0 aromatic heterocycles. The summed E-state index contributed by atoms with van der Waals surface area (Å²) >= 11 is 0. The normalized spacial score (nSPS) is 14.1. The minimum absolute atomic E-state index is 0.490. The third kappa shape index (κ3) is 4.66.